The first-order chi connectivity index (χ1) is 20.0. The van der Waals surface area contributed by atoms with Crippen molar-refractivity contribution in [1.29, 1.82) is 0 Å². The Morgan fingerprint density at radius 2 is 1.62 bits per heavy atom. The Bertz CT molecular complexity index is 1490. The van der Waals surface area contributed by atoms with Gasteiger partial charge >= 0.3 is 0 Å². The molecule has 0 spiro atoms. The topological polar surface area (TPSA) is 86.8 Å². The molecule has 0 bridgehead atoms. The molecule has 0 radical (unpaired) electrons. The molecule has 1 saturated carbocycles. The highest BCUT2D eigenvalue weighted by Gasteiger charge is 2.34. The second kappa shape index (κ2) is 14.2. The Balaban J connectivity index is 1.74. The highest BCUT2D eigenvalue weighted by atomic mass is 35.5. The number of rotatable bonds is 11. The first kappa shape index (κ1) is 31.6. The fourth-order valence-electron chi connectivity index (χ4n) is 5.51. The molecule has 42 heavy (non-hydrogen) atoms. The molecule has 0 unspecified atom stereocenters. The van der Waals surface area contributed by atoms with Crippen molar-refractivity contribution >= 4 is 39.1 Å². The fourth-order valence-corrected chi connectivity index (χ4v) is 6.62. The number of halogens is 1. The van der Waals surface area contributed by atoms with Crippen molar-refractivity contribution in [1.82, 2.24) is 10.2 Å². The van der Waals surface area contributed by atoms with Gasteiger partial charge in [0.1, 0.15) is 12.6 Å². The van der Waals surface area contributed by atoms with Gasteiger partial charge in [0.25, 0.3) is 0 Å². The summed E-state index contributed by atoms with van der Waals surface area (Å²) in [6.45, 7) is 3.35. The Labute approximate surface area is 254 Å². The molecule has 2 amide bonds. The van der Waals surface area contributed by atoms with Crippen molar-refractivity contribution in [2.24, 2.45) is 0 Å². The van der Waals surface area contributed by atoms with Crippen molar-refractivity contribution < 1.29 is 18.0 Å². The smallest absolute Gasteiger partial charge is 0.244 e. The van der Waals surface area contributed by atoms with Crippen molar-refractivity contribution in [3.8, 4) is 0 Å². The largest absolute Gasteiger partial charge is 0.352 e. The normalized spacial score (nSPS) is 14.7. The number of hydrogen-bond acceptors (Lipinski definition) is 4. The van der Waals surface area contributed by atoms with Crippen molar-refractivity contribution in [3.05, 3.63) is 100 Å². The molecule has 4 rings (SSSR count). The first-order valence-electron chi connectivity index (χ1n) is 14.4. The van der Waals surface area contributed by atoms with E-state index in [9.17, 15) is 18.0 Å². The van der Waals surface area contributed by atoms with Gasteiger partial charge in [-0.25, -0.2) is 8.42 Å². The third kappa shape index (κ3) is 8.58. The van der Waals surface area contributed by atoms with Gasteiger partial charge in [-0.1, -0.05) is 85.5 Å². The zero-order valence-electron chi connectivity index (χ0n) is 24.6. The van der Waals surface area contributed by atoms with Gasteiger partial charge in [0, 0.05) is 24.0 Å². The summed E-state index contributed by atoms with van der Waals surface area (Å²) in [5, 5.41) is 3.73. The van der Waals surface area contributed by atoms with Crippen LogP contribution in [0.3, 0.4) is 0 Å². The van der Waals surface area contributed by atoms with Crippen LogP contribution in [0, 0.1) is 13.8 Å². The highest BCUT2D eigenvalue weighted by molar-refractivity contribution is 7.92. The van der Waals surface area contributed by atoms with Gasteiger partial charge in [0.05, 0.1) is 11.9 Å². The van der Waals surface area contributed by atoms with Crippen LogP contribution >= 0.6 is 11.6 Å². The van der Waals surface area contributed by atoms with Gasteiger partial charge in [-0.15, -0.1) is 0 Å². The Morgan fingerprint density at radius 1 is 0.929 bits per heavy atom. The molecule has 0 saturated heterocycles. The average molecular weight is 610 g/mol. The predicted octanol–water partition coefficient (Wildman–Crippen LogP) is 5.81. The van der Waals surface area contributed by atoms with E-state index in [2.05, 4.69) is 5.32 Å². The molecule has 0 heterocycles. The van der Waals surface area contributed by atoms with Crippen LogP contribution in [0.25, 0.3) is 0 Å². The van der Waals surface area contributed by atoms with Gasteiger partial charge in [-0.3, -0.25) is 13.9 Å². The number of carbonyl (C=O) groups excluding carboxylic acids is 2. The lowest BCUT2D eigenvalue weighted by atomic mass is 9.94. The van der Waals surface area contributed by atoms with Crippen LogP contribution in [-0.2, 0) is 32.6 Å². The maximum atomic E-state index is 14.3. The zero-order chi connectivity index (χ0) is 30.3. The van der Waals surface area contributed by atoms with E-state index in [0.29, 0.717) is 10.7 Å². The van der Waals surface area contributed by atoms with E-state index in [1.165, 1.54) is 4.90 Å². The van der Waals surface area contributed by atoms with Crippen molar-refractivity contribution in [2.45, 2.75) is 71.0 Å². The molecule has 1 aliphatic rings. The lowest BCUT2D eigenvalue weighted by Crippen LogP contribution is -2.55. The number of aryl methyl sites for hydroxylation is 2. The van der Waals surface area contributed by atoms with E-state index in [-0.39, 0.29) is 24.9 Å². The molecule has 0 aromatic heterocycles. The van der Waals surface area contributed by atoms with Crippen LogP contribution in [0.5, 0.6) is 0 Å². The van der Waals surface area contributed by atoms with E-state index in [4.69, 9.17) is 11.6 Å². The average Bonchev–Trinajstić information content (AvgIpc) is 2.95. The van der Waals surface area contributed by atoms with Gasteiger partial charge in [0.2, 0.25) is 21.8 Å². The molecular weight excluding hydrogens is 570 g/mol. The third-order valence-corrected chi connectivity index (χ3v) is 9.14. The fraction of sp³-hybridized carbons (Fsp3) is 0.394. The summed E-state index contributed by atoms with van der Waals surface area (Å²) in [4.78, 5) is 29.8. The van der Waals surface area contributed by atoms with E-state index < -0.39 is 28.5 Å². The second-order valence-electron chi connectivity index (χ2n) is 11.3. The standard InChI is InChI=1S/C33H40ClN3O4S/c1-24-17-18-25(2)30(19-24)37(42(3,40)41)23-32(38)36(22-27-13-10-14-28(34)20-27)31(21-26-11-6-4-7-12-26)33(39)35-29-15-8-5-9-16-29/h4,6-7,10-14,17-20,29,31H,5,8-9,15-16,21-23H2,1-3H3,(H,35,39)/t31-/m0/s1. The molecule has 1 N–H and O–H groups in total. The van der Waals surface area contributed by atoms with Gasteiger partial charge in [-0.2, -0.15) is 0 Å². The molecular formula is C33H40ClN3O4S. The van der Waals surface area contributed by atoms with E-state index in [1.807, 2.05) is 62.4 Å². The summed E-state index contributed by atoms with van der Waals surface area (Å²) in [5.41, 5.74) is 3.70. The molecule has 1 fully saturated rings. The summed E-state index contributed by atoms with van der Waals surface area (Å²) >= 11 is 6.29. The quantitative estimate of drug-likeness (QED) is 0.297. The number of nitrogens with zero attached hydrogens (tertiary/aromatic N) is 2. The van der Waals surface area contributed by atoms with Gasteiger partial charge < -0.3 is 10.2 Å². The molecule has 3 aromatic rings. The highest BCUT2D eigenvalue weighted by Crippen LogP contribution is 2.26. The zero-order valence-corrected chi connectivity index (χ0v) is 26.1. The van der Waals surface area contributed by atoms with E-state index in [1.54, 1.807) is 24.3 Å². The summed E-state index contributed by atoms with van der Waals surface area (Å²) in [6.07, 6.45) is 6.45. The number of benzene rings is 3. The summed E-state index contributed by atoms with van der Waals surface area (Å²) < 4.78 is 27.3. The number of sulfonamides is 1. The van der Waals surface area contributed by atoms with Crippen LogP contribution in [0.2, 0.25) is 5.02 Å². The van der Waals surface area contributed by atoms with Crippen molar-refractivity contribution in [3.63, 3.8) is 0 Å². The molecule has 0 aliphatic heterocycles. The number of anilines is 1. The molecule has 9 heteroatoms. The second-order valence-corrected chi connectivity index (χ2v) is 13.6. The summed E-state index contributed by atoms with van der Waals surface area (Å²) in [7, 11) is -3.83. The molecule has 7 nitrogen and oxygen atoms in total. The lowest BCUT2D eigenvalue weighted by molar-refractivity contribution is -0.140. The minimum atomic E-state index is -3.83. The maximum absolute atomic E-state index is 14.3. The minimum Gasteiger partial charge on any atom is -0.352 e. The van der Waals surface area contributed by atoms with Crippen LogP contribution in [0.15, 0.2) is 72.8 Å². The van der Waals surface area contributed by atoms with E-state index >= 15 is 0 Å². The minimum absolute atomic E-state index is 0.0510. The third-order valence-electron chi connectivity index (χ3n) is 7.78. The lowest BCUT2D eigenvalue weighted by Gasteiger charge is -2.35. The van der Waals surface area contributed by atoms with Crippen LogP contribution < -0.4 is 9.62 Å². The van der Waals surface area contributed by atoms with Crippen LogP contribution in [0.4, 0.5) is 5.69 Å². The number of carbonyl (C=O) groups is 2. The Hall–Kier alpha value is -3.36. The van der Waals surface area contributed by atoms with Crippen LogP contribution in [-0.4, -0.2) is 50.0 Å². The summed E-state index contributed by atoms with van der Waals surface area (Å²) in [6, 6.07) is 21.4. The van der Waals surface area contributed by atoms with Gasteiger partial charge in [-0.05, 0) is 67.1 Å². The number of amides is 2. The molecule has 224 valence electrons. The van der Waals surface area contributed by atoms with Gasteiger partial charge in [0.15, 0.2) is 0 Å². The van der Waals surface area contributed by atoms with E-state index in [0.717, 1.165) is 64.9 Å². The predicted molar refractivity (Wildman–Crippen MR) is 169 cm³/mol. The molecule has 3 aromatic carbocycles. The number of hydrogen-bond donors (Lipinski definition) is 1. The Morgan fingerprint density at radius 3 is 2.29 bits per heavy atom. The monoisotopic (exact) mass is 609 g/mol. The maximum Gasteiger partial charge on any atom is 0.244 e. The Kier molecular flexibility index (Phi) is 10.7. The summed E-state index contributed by atoms with van der Waals surface area (Å²) in [5.74, 6) is -0.709. The van der Waals surface area contributed by atoms with Crippen LogP contribution in [0.1, 0.15) is 54.4 Å². The molecule has 1 atom stereocenters. The SMILES string of the molecule is Cc1ccc(C)c(N(CC(=O)N(Cc2cccc(Cl)c2)[C@@H](Cc2ccccc2)C(=O)NC2CCCCC2)S(C)(=O)=O)c1. The van der Waals surface area contributed by atoms with Crippen molar-refractivity contribution in [2.75, 3.05) is 17.1 Å². The number of nitrogens with one attached hydrogen (secondary N) is 1. The first-order valence-corrected chi connectivity index (χ1v) is 16.7. The molecule has 1 aliphatic carbocycles.